The third-order valence-electron chi connectivity index (χ3n) is 6.27. The van der Waals surface area contributed by atoms with Crippen LogP contribution in [0.1, 0.15) is 53.7 Å². The highest BCUT2D eigenvalue weighted by Crippen LogP contribution is 2.40. The lowest BCUT2D eigenvalue weighted by Crippen LogP contribution is -2.32. The molecule has 2 aliphatic rings. The fraction of sp³-hybridized carbons (Fsp3) is 0.462. The minimum atomic E-state index is -0.135. The van der Waals surface area contributed by atoms with E-state index in [2.05, 4.69) is 10.2 Å². The molecule has 0 aromatic heterocycles. The topological polar surface area (TPSA) is 71.1 Å². The van der Waals surface area contributed by atoms with Gasteiger partial charge in [0.05, 0.1) is 31.0 Å². The van der Waals surface area contributed by atoms with Crippen LogP contribution in [0.4, 0.5) is 5.69 Å². The average molecular weight is 488 g/mol. The van der Waals surface area contributed by atoms with E-state index in [-0.39, 0.29) is 36.2 Å². The molecule has 2 aromatic carbocycles. The van der Waals surface area contributed by atoms with Crippen molar-refractivity contribution in [1.29, 1.82) is 0 Å². The monoisotopic (exact) mass is 487 g/mol. The van der Waals surface area contributed by atoms with Crippen molar-refractivity contribution in [1.82, 2.24) is 9.80 Å². The molecule has 1 atom stereocenters. The van der Waals surface area contributed by atoms with Crippen LogP contribution in [0.2, 0.25) is 0 Å². The van der Waals surface area contributed by atoms with Crippen molar-refractivity contribution in [2.24, 2.45) is 5.92 Å². The molecule has 0 radical (unpaired) electrons. The Hall–Kier alpha value is -2.77. The summed E-state index contributed by atoms with van der Waals surface area (Å²) in [5, 5.41) is 2.99. The van der Waals surface area contributed by atoms with E-state index in [1.54, 1.807) is 7.11 Å². The Morgan fingerprint density at radius 3 is 2.62 bits per heavy atom. The average Bonchev–Trinajstić information content (AvgIpc) is 3.59. The Bertz CT molecular complexity index is 1040. The first kappa shape index (κ1) is 25.8. The Kier molecular flexibility index (Phi) is 8.44. The zero-order valence-electron chi connectivity index (χ0n) is 20.3. The number of hydrogen-bond donors (Lipinski definition) is 1. The van der Waals surface area contributed by atoms with Crippen LogP contribution in [-0.4, -0.2) is 56.0 Å². The fourth-order valence-corrected chi connectivity index (χ4v) is 4.37. The normalized spacial score (nSPS) is 15.6. The maximum atomic E-state index is 13.7. The molecule has 0 bridgehead atoms. The number of benzene rings is 2. The number of nitrogens with zero attached hydrogens (tertiary/aromatic N) is 2. The molecule has 0 saturated heterocycles. The van der Waals surface area contributed by atoms with Gasteiger partial charge in [-0.1, -0.05) is 18.2 Å². The van der Waals surface area contributed by atoms with Crippen molar-refractivity contribution in [3.05, 3.63) is 53.1 Å². The highest BCUT2D eigenvalue weighted by Gasteiger charge is 2.37. The van der Waals surface area contributed by atoms with E-state index < -0.39 is 0 Å². The van der Waals surface area contributed by atoms with Crippen molar-refractivity contribution in [2.45, 2.75) is 38.8 Å². The lowest BCUT2D eigenvalue weighted by Gasteiger charge is -2.30. The second-order valence-corrected chi connectivity index (χ2v) is 8.99. The van der Waals surface area contributed by atoms with Gasteiger partial charge in [0, 0.05) is 12.5 Å². The number of anilines is 1. The Morgan fingerprint density at radius 2 is 1.97 bits per heavy atom. The summed E-state index contributed by atoms with van der Waals surface area (Å²) < 4.78 is 11.3. The Morgan fingerprint density at radius 1 is 1.21 bits per heavy atom. The van der Waals surface area contributed by atoms with Crippen LogP contribution < -0.4 is 14.8 Å². The second-order valence-electron chi connectivity index (χ2n) is 8.99. The van der Waals surface area contributed by atoms with Crippen molar-refractivity contribution >= 4 is 29.9 Å². The van der Waals surface area contributed by atoms with Gasteiger partial charge >= 0.3 is 0 Å². The first-order valence-electron chi connectivity index (χ1n) is 11.6. The molecule has 1 fully saturated rings. The predicted octanol–water partition coefficient (Wildman–Crippen LogP) is 4.51. The van der Waals surface area contributed by atoms with Crippen LogP contribution in [-0.2, 0) is 11.3 Å². The third kappa shape index (κ3) is 5.47. The Labute approximate surface area is 207 Å². The van der Waals surface area contributed by atoms with Gasteiger partial charge in [-0.25, -0.2) is 0 Å². The highest BCUT2D eigenvalue weighted by atomic mass is 35.5. The first-order chi connectivity index (χ1) is 15.9. The number of methoxy groups -OCH3 is 1. The lowest BCUT2D eigenvalue weighted by atomic mass is 10.0. The number of rotatable bonds is 10. The molecule has 7 nitrogen and oxygen atoms in total. The molecular weight excluding hydrogens is 454 g/mol. The number of carbonyl (C=O) groups is 2. The minimum absolute atomic E-state index is 0. The molecule has 4 rings (SSSR count). The quantitative estimate of drug-likeness (QED) is 0.533. The number of nitrogens with one attached hydrogen (secondary N) is 1. The molecule has 1 unspecified atom stereocenters. The predicted molar refractivity (Wildman–Crippen MR) is 135 cm³/mol. The second kappa shape index (κ2) is 11.1. The number of fused-ring (bicyclic) bond motifs is 1. The molecule has 0 spiro atoms. The highest BCUT2D eigenvalue weighted by molar-refractivity contribution is 6.07. The minimum Gasteiger partial charge on any atom is -0.493 e. The van der Waals surface area contributed by atoms with Crippen molar-refractivity contribution < 1.29 is 19.1 Å². The molecular formula is C26H34ClN3O4. The van der Waals surface area contributed by atoms with Gasteiger partial charge in [-0.05, 0) is 76.2 Å². The van der Waals surface area contributed by atoms with E-state index in [0.717, 1.165) is 36.9 Å². The van der Waals surface area contributed by atoms with E-state index in [4.69, 9.17) is 9.47 Å². The van der Waals surface area contributed by atoms with Gasteiger partial charge < -0.3 is 24.6 Å². The first-order valence-corrected chi connectivity index (χ1v) is 11.6. The van der Waals surface area contributed by atoms with E-state index in [9.17, 15) is 9.59 Å². The summed E-state index contributed by atoms with van der Waals surface area (Å²) in [5.41, 5.74) is 3.18. The molecule has 2 amide bonds. The summed E-state index contributed by atoms with van der Waals surface area (Å²) in [5.74, 6) is 1.39. The third-order valence-corrected chi connectivity index (χ3v) is 6.27. The molecule has 1 aliphatic carbocycles. The molecule has 1 heterocycles. The molecule has 34 heavy (non-hydrogen) atoms. The maximum Gasteiger partial charge on any atom is 0.257 e. The van der Waals surface area contributed by atoms with Crippen molar-refractivity contribution in [3.63, 3.8) is 0 Å². The van der Waals surface area contributed by atoms with Crippen LogP contribution in [0.15, 0.2) is 36.4 Å². The number of ether oxygens (including phenoxy) is 2. The van der Waals surface area contributed by atoms with Gasteiger partial charge in [-0.15, -0.1) is 12.4 Å². The zero-order valence-corrected chi connectivity index (χ0v) is 21.1. The summed E-state index contributed by atoms with van der Waals surface area (Å²) >= 11 is 0. The summed E-state index contributed by atoms with van der Waals surface area (Å²) in [7, 11) is 5.69. The van der Waals surface area contributed by atoms with E-state index in [1.165, 1.54) is 0 Å². The molecule has 2 aromatic rings. The largest absolute Gasteiger partial charge is 0.493 e. The standard InChI is InChI=1S/C26H33N3O4.ClH/c1-5-33-23-15-18(11-12-22(23)32-4)21(13-14-28(2)3)29-16-19-7-6-8-20(24(19)26(29)31)27-25(30)17-9-10-17;/h6-8,11-12,15,17,21H,5,9-10,13-14,16H2,1-4H3,(H,27,30);1H. The molecule has 1 N–H and O–H groups in total. The fourth-order valence-electron chi connectivity index (χ4n) is 4.37. The number of carbonyl (C=O) groups excluding carboxylic acids is 2. The van der Waals surface area contributed by atoms with Gasteiger partial charge in [-0.2, -0.15) is 0 Å². The number of halogens is 1. The van der Waals surface area contributed by atoms with Crippen molar-refractivity contribution in [3.8, 4) is 11.5 Å². The van der Waals surface area contributed by atoms with E-state index in [0.29, 0.717) is 35.9 Å². The van der Waals surface area contributed by atoms with Crippen LogP contribution in [0, 0.1) is 5.92 Å². The molecule has 8 heteroatoms. The van der Waals surface area contributed by atoms with Crippen LogP contribution in [0.3, 0.4) is 0 Å². The summed E-state index contributed by atoms with van der Waals surface area (Å²) in [6.07, 6.45) is 2.62. The summed E-state index contributed by atoms with van der Waals surface area (Å²) in [6, 6.07) is 11.5. The number of hydrogen-bond acceptors (Lipinski definition) is 5. The zero-order chi connectivity index (χ0) is 23.5. The van der Waals surface area contributed by atoms with Crippen LogP contribution in [0.5, 0.6) is 11.5 Å². The van der Waals surface area contributed by atoms with Gasteiger partial charge in [0.15, 0.2) is 11.5 Å². The maximum absolute atomic E-state index is 13.7. The lowest BCUT2D eigenvalue weighted by molar-refractivity contribution is -0.117. The SMILES string of the molecule is CCOc1cc(C(CCN(C)C)N2Cc3cccc(NC(=O)C4CC4)c3C2=O)ccc1OC.Cl. The molecule has 184 valence electrons. The smallest absolute Gasteiger partial charge is 0.257 e. The summed E-state index contributed by atoms with van der Waals surface area (Å²) in [6.45, 7) is 3.80. The molecule has 1 saturated carbocycles. The van der Waals surface area contributed by atoms with Crippen molar-refractivity contribution in [2.75, 3.05) is 39.7 Å². The van der Waals surface area contributed by atoms with E-state index in [1.807, 2.05) is 62.3 Å². The Balaban J connectivity index is 0.00000324. The number of amides is 2. The van der Waals surface area contributed by atoms with Gasteiger partial charge in [0.25, 0.3) is 5.91 Å². The summed E-state index contributed by atoms with van der Waals surface area (Å²) in [4.78, 5) is 30.1. The van der Waals surface area contributed by atoms with Gasteiger partial charge in [0.2, 0.25) is 5.91 Å². The van der Waals surface area contributed by atoms with E-state index >= 15 is 0 Å². The van der Waals surface area contributed by atoms with Crippen LogP contribution in [0.25, 0.3) is 0 Å². The molecule has 1 aliphatic heterocycles. The van der Waals surface area contributed by atoms with Crippen LogP contribution >= 0.6 is 12.4 Å². The van der Waals surface area contributed by atoms with Gasteiger partial charge in [-0.3, -0.25) is 9.59 Å². The van der Waals surface area contributed by atoms with Gasteiger partial charge in [0.1, 0.15) is 0 Å².